The number of fused-ring (bicyclic) bond motifs is 1. The van der Waals surface area contributed by atoms with Crippen LogP contribution < -0.4 is 0 Å². The first kappa shape index (κ1) is 9.34. The third-order valence-corrected chi connectivity index (χ3v) is 3.23. The molecule has 0 saturated carbocycles. The van der Waals surface area contributed by atoms with E-state index in [1.54, 1.807) is 11.8 Å². The molecule has 2 nitrogen and oxygen atoms in total. The van der Waals surface area contributed by atoms with Gasteiger partial charge in [-0.25, -0.2) is 4.79 Å². The number of carboxylic acids is 1. The lowest BCUT2D eigenvalue weighted by Crippen LogP contribution is -2.00. The highest BCUT2D eigenvalue weighted by molar-refractivity contribution is 7.99. The molecule has 1 aliphatic rings. The van der Waals surface area contributed by atoms with E-state index in [1.807, 2.05) is 24.3 Å². The summed E-state index contributed by atoms with van der Waals surface area (Å²) in [6, 6.07) is 7.95. The highest BCUT2D eigenvalue weighted by Crippen LogP contribution is 2.36. The van der Waals surface area contributed by atoms with Gasteiger partial charge in [0.15, 0.2) is 0 Å². The second-order valence-electron chi connectivity index (χ2n) is 3.10. The van der Waals surface area contributed by atoms with Crippen molar-refractivity contribution in [2.75, 3.05) is 5.75 Å². The number of thioether (sulfide) groups is 1. The minimum Gasteiger partial charge on any atom is -0.478 e. The van der Waals surface area contributed by atoms with Gasteiger partial charge in [-0.15, -0.1) is 11.8 Å². The smallest absolute Gasteiger partial charge is 0.328 e. The van der Waals surface area contributed by atoms with E-state index in [2.05, 4.69) is 0 Å². The van der Waals surface area contributed by atoms with E-state index in [4.69, 9.17) is 5.11 Å². The van der Waals surface area contributed by atoms with Crippen molar-refractivity contribution >= 4 is 23.3 Å². The van der Waals surface area contributed by atoms with E-state index in [0.717, 1.165) is 23.3 Å². The van der Waals surface area contributed by atoms with E-state index in [0.29, 0.717) is 0 Å². The van der Waals surface area contributed by atoms with E-state index in [9.17, 15) is 4.79 Å². The molecule has 0 unspecified atom stereocenters. The van der Waals surface area contributed by atoms with Crippen LogP contribution in [0.1, 0.15) is 12.0 Å². The van der Waals surface area contributed by atoms with Gasteiger partial charge < -0.3 is 5.11 Å². The number of hydrogen-bond acceptors (Lipinski definition) is 2. The van der Waals surface area contributed by atoms with Gasteiger partial charge in [-0.3, -0.25) is 0 Å². The Kier molecular flexibility index (Phi) is 2.59. The average molecular weight is 206 g/mol. The zero-order chi connectivity index (χ0) is 9.97. The first-order valence-electron chi connectivity index (χ1n) is 4.43. The van der Waals surface area contributed by atoms with Crippen molar-refractivity contribution in [1.82, 2.24) is 0 Å². The summed E-state index contributed by atoms with van der Waals surface area (Å²) in [5.41, 5.74) is 2.01. The Labute approximate surface area is 86.6 Å². The number of carboxylic acid groups (broad SMARTS) is 1. The van der Waals surface area contributed by atoms with Crippen LogP contribution in [0.3, 0.4) is 0 Å². The molecular weight excluding hydrogens is 196 g/mol. The molecule has 3 heteroatoms. The summed E-state index contributed by atoms with van der Waals surface area (Å²) in [4.78, 5) is 11.8. The Bertz CT molecular complexity index is 396. The van der Waals surface area contributed by atoms with Crippen LogP contribution >= 0.6 is 11.8 Å². The fourth-order valence-electron chi connectivity index (χ4n) is 1.56. The van der Waals surface area contributed by atoms with Gasteiger partial charge in [0.1, 0.15) is 0 Å². The molecule has 0 aliphatic carbocycles. The normalized spacial score (nSPS) is 17.9. The van der Waals surface area contributed by atoms with Crippen LogP contribution in [0.25, 0.3) is 5.57 Å². The number of benzene rings is 1. The second kappa shape index (κ2) is 3.88. The molecule has 0 saturated heterocycles. The molecule has 0 fully saturated rings. The predicted molar refractivity (Wildman–Crippen MR) is 57.4 cm³/mol. The minimum absolute atomic E-state index is 0.841. The Morgan fingerprint density at radius 2 is 2.21 bits per heavy atom. The lowest BCUT2D eigenvalue weighted by Gasteiger charge is -2.17. The molecular formula is C11H10O2S. The van der Waals surface area contributed by atoms with Crippen molar-refractivity contribution in [3.05, 3.63) is 35.9 Å². The first-order valence-corrected chi connectivity index (χ1v) is 5.41. The lowest BCUT2D eigenvalue weighted by atomic mass is 10.0. The number of allylic oxidation sites excluding steroid dienone is 1. The molecule has 1 N–H and O–H groups in total. The van der Waals surface area contributed by atoms with Crippen LogP contribution in [-0.2, 0) is 4.79 Å². The summed E-state index contributed by atoms with van der Waals surface area (Å²) in [5.74, 6) is 0.109. The first-order chi connectivity index (χ1) is 6.77. The fourth-order valence-corrected chi connectivity index (χ4v) is 2.63. The van der Waals surface area contributed by atoms with Gasteiger partial charge in [0.05, 0.1) is 0 Å². The van der Waals surface area contributed by atoms with Crippen molar-refractivity contribution in [3.63, 3.8) is 0 Å². The van der Waals surface area contributed by atoms with Crippen molar-refractivity contribution in [2.45, 2.75) is 11.3 Å². The van der Waals surface area contributed by atoms with Crippen molar-refractivity contribution in [1.29, 1.82) is 0 Å². The molecule has 0 amide bonds. The largest absolute Gasteiger partial charge is 0.478 e. The van der Waals surface area contributed by atoms with Crippen molar-refractivity contribution in [2.24, 2.45) is 0 Å². The molecule has 0 aromatic heterocycles. The lowest BCUT2D eigenvalue weighted by molar-refractivity contribution is -0.131. The van der Waals surface area contributed by atoms with E-state index < -0.39 is 5.97 Å². The van der Waals surface area contributed by atoms with Gasteiger partial charge in [0.2, 0.25) is 0 Å². The molecule has 0 radical (unpaired) electrons. The molecule has 1 aromatic rings. The minimum atomic E-state index is -0.860. The standard InChI is InChI=1S/C11H10O2S/c12-11(13)7-8-5-6-14-10-4-2-1-3-9(8)10/h1-4,7H,5-6H2,(H,12,13)/b8-7-. The van der Waals surface area contributed by atoms with Gasteiger partial charge >= 0.3 is 5.97 Å². The fraction of sp³-hybridized carbons (Fsp3) is 0.182. The molecule has 14 heavy (non-hydrogen) atoms. The third kappa shape index (κ3) is 1.82. The summed E-state index contributed by atoms with van der Waals surface area (Å²) in [6.45, 7) is 0. The molecule has 1 heterocycles. The van der Waals surface area contributed by atoms with E-state index in [1.165, 1.54) is 11.0 Å². The van der Waals surface area contributed by atoms with Crippen molar-refractivity contribution < 1.29 is 9.90 Å². The maximum Gasteiger partial charge on any atom is 0.328 e. The van der Waals surface area contributed by atoms with Crippen LogP contribution in [0.2, 0.25) is 0 Å². The average Bonchev–Trinajstić information content (AvgIpc) is 2.18. The van der Waals surface area contributed by atoms with Gasteiger partial charge in [-0.05, 0) is 23.6 Å². The molecule has 0 atom stereocenters. The van der Waals surface area contributed by atoms with Crippen LogP contribution in [-0.4, -0.2) is 16.8 Å². The van der Waals surface area contributed by atoms with Crippen LogP contribution in [0.4, 0.5) is 0 Å². The zero-order valence-electron chi connectivity index (χ0n) is 7.56. The topological polar surface area (TPSA) is 37.3 Å². The maximum atomic E-state index is 10.6. The SMILES string of the molecule is O=C(O)/C=C1/CCSc2ccccc21. The van der Waals surface area contributed by atoms with Crippen LogP contribution in [0.15, 0.2) is 35.2 Å². The summed E-state index contributed by atoms with van der Waals surface area (Å²) in [5, 5.41) is 8.71. The summed E-state index contributed by atoms with van der Waals surface area (Å²) in [6.07, 6.45) is 2.16. The number of hydrogen-bond donors (Lipinski definition) is 1. The summed E-state index contributed by atoms with van der Waals surface area (Å²) in [7, 11) is 0. The second-order valence-corrected chi connectivity index (χ2v) is 4.24. The monoisotopic (exact) mass is 206 g/mol. The van der Waals surface area contributed by atoms with E-state index in [-0.39, 0.29) is 0 Å². The predicted octanol–water partition coefficient (Wildman–Crippen LogP) is 2.65. The number of carbonyl (C=O) groups is 1. The van der Waals surface area contributed by atoms with Crippen molar-refractivity contribution in [3.8, 4) is 0 Å². The third-order valence-electron chi connectivity index (χ3n) is 2.16. The summed E-state index contributed by atoms with van der Waals surface area (Å²) >= 11 is 1.79. The van der Waals surface area contributed by atoms with Crippen LogP contribution in [0.5, 0.6) is 0 Å². The molecule has 2 rings (SSSR count). The quantitative estimate of drug-likeness (QED) is 0.718. The Hall–Kier alpha value is -1.22. The zero-order valence-corrected chi connectivity index (χ0v) is 8.38. The highest BCUT2D eigenvalue weighted by Gasteiger charge is 2.14. The highest BCUT2D eigenvalue weighted by atomic mass is 32.2. The Morgan fingerprint density at radius 3 is 3.00 bits per heavy atom. The Balaban J connectivity index is 2.45. The van der Waals surface area contributed by atoms with Gasteiger partial charge in [0, 0.05) is 16.7 Å². The molecule has 1 aliphatic heterocycles. The summed E-state index contributed by atoms with van der Waals surface area (Å²) < 4.78 is 0. The molecule has 1 aromatic carbocycles. The van der Waals surface area contributed by atoms with Gasteiger partial charge in [-0.2, -0.15) is 0 Å². The number of rotatable bonds is 1. The maximum absolute atomic E-state index is 10.6. The molecule has 0 spiro atoms. The molecule has 72 valence electrons. The van der Waals surface area contributed by atoms with Gasteiger partial charge in [0.25, 0.3) is 0 Å². The van der Waals surface area contributed by atoms with Crippen LogP contribution in [0, 0.1) is 0 Å². The Morgan fingerprint density at radius 1 is 1.43 bits per heavy atom. The number of aliphatic carboxylic acids is 1. The molecule has 0 bridgehead atoms. The van der Waals surface area contributed by atoms with E-state index >= 15 is 0 Å². The van der Waals surface area contributed by atoms with Gasteiger partial charge in [-0.1, -0.05) is 18.2 Å².